The molecule has 0 saturated heterocycles. The van der Waals surface area contributed by atoms with Crippen molar-refractivity contribution in [2.45, 2.75) is 25.3 Å². The van der Waals surface area contributed by atoms with Crippen molar-refractivity contribution in [2.75, 3.05) is 11.9 Å². The Kier molecular flexibility index (Phi) is 7.54. The number of hydrogen-bond acceptors (Lipinski definition) is 3. The van der Waals surface area contributed by atoms with Crippen LogP contribution in [-0.4, -0.2) is 25.2 Å². The van der Waals surface area contributed by atoms with Crippen molar-refractivity contribution in [3.8, 4) is 0 Å². The molecular weight excluding hydrogens is 500 g/mol. The number of benzene rings is 3. The Morgan fingerprint density at radius 1 is 0.968 bits per heavy atom. The Hall–Kier alpha value is -2.19. The summed E-state index contributed by atoms with van der Waals surface area (Å²) in [5, 5.41) is 3.23. The molecule has 0 heterocycles. The summed E-state index contributed by atoms with van der Waals surface area (Å²) in [4.78, 5) is 12.8. The molecule has 0 bridgehead atoms. The van der Waals surface area contributed by atoms with Gasteiger partial charge in [-0.15, -0.1) is 0 Å². The van der Waals surface area contributed by atoms with Crippen LogP contribution in [0.5, 0.6) is 0 Å². The summed E-state index contributed by atoms with van der Waals surface area (Å²) >= 11 is 9.28. The van der Waals surface area contributed by atoms with Crippen molar-refractivity contribution in [1.82, 2.24) is 4.31 Å². The summed E-state index contributed by atoms with van der Waals surface area (Å²) < 4.78 is 28.6. The fraction of sp³-hybridized carbons (Fsp3) is 0.174. The monoisotopic (exact) mass is 520 g/mol. The third-order valence-corrected chi connectivity index (χ3v) is 7.42. The molecule has 0 saturated carbocycles. The highest BCUT2D eigenvalue weighted by Crippen LogP contribution is 2.22. The lowest BCUT2D eigenvalue weighted by Gasteiger charge is -2.22. The van der Waals surface area contributed by atoms with Gasteiger partial charge in [0.05, 0.1) is 11.4 Å². The van der Waals surface area contributed by atoms with Gasteiger partial charge < -0.3 is 5.32 Å². The van der Waals surface area contributed by atoms with Gasteiger partial charge >= 0.3 is 0 Å². The van der Waals surface area contributed by atoms with Crippen molar-refractivity contribution in [3.05, 3.63) is 92.9 Å². The van der Waals surface area contributed by atoms with Gasteiger partial charge in [-0.2, -0.15) is 4.31 Å². The van der Waals surface area contributed by atoms with Crippen LogP contribution in [0.2, 0.25) is 5.02 Å². The molecule has 8 heteroatoms. The summed E-state index contributed by atoms with van der Waals surface area (Å²) in [5.41, 5.74) is 3.54. The zero-order valence-corrected chi connectivity index (χ0v) is 20.3. The van der Waals surface area contributed by atoms with E-state index in [0.29, 0.717) is 10.7 Å². The summed E-state index contributed by atoms with van der Waals surface area (Å²) in [5.74, 6) is -0.419. The Morgan fingerprint density at radius 3 is 2.23 bits per heavy atom. The van der Waals surface area contributed by atoms with Gasteiger partial charge in [0.2, 0.25) is 15.9 Å². The van der Waals surface area contributed by atoms with Crippen LogP contribution in [0.15, 0.2) is 76.1 Å². The molecule has 1 amide bonds. The Bertz CT molecular complexity index is 1180. The number of anilines is 1. The molecule has 0 aromatic heterocycles. The molecule has 31 heavy (non-hydrogen) atoms. The smallest absolute Gasteiger partial charge is 0.243 e. The number of hydrogen-bond donors (Lipinski definition) is 1. The quantitative estimate of drug-likeness (QED) is 0.443. The molecule has 0 spiro atoms. The molecule has 0 aliphatic rings. The number of nitrogens with zero attached hydrogens (tertiary/aromatic N) is 1. The lowest BCUT2D eigenvalue weighted by Crippen LogP contribution is -2.37. The van der Waals surface area contributed by atoms with E-state index in [2.05, 4.69) is 21.2 Å². The van der Waals surface area contributed by atoms with Gasteiger partial charge in [0, 0.05) is 21.7 Å². The maximum Gasteiger partial charge on any atom is 0.243 e. The summed E-state index contributed by atoms with van der Waals surface area (Å²) in [7, 11) is -3.93. The fourth-order valence-electron chi connectivity index (χ4n) is 2.95. The highest BCUT2D eigenvalue weighted by Gasteiger charge is 2.27. The second-order valence-corrected chi connectivity index (χ2v) is 10.5. The maximum atomic E-state index is 13.3. The average Bonchev–Trinajstić information content (AvgIpc) is 2.72. The summed E-state index contributed by atoms with van der Waals surface area (Å²) in [6.45, 7) is 3.67. The van der Waals surface area contributed by atoms with E-state index in [1.165, 1.54) is 24.3 Å². The molecule has 5 nitrogen and oxygen atoms in total. The van der Waals surface area contributed by atoms with Gasteiger partial charge in [0.15, 0.2) is 0 Å². The number of rotatable bonds is 7. The van der Waals surface area contributed by atoms with Crippen molar-refractivity contribution in [3.63, 3.8) is 0 Å². The van der Waals surface area contributed by atoms with Gasteiger partial charge in [0.1, 0.15) is 0 Å². The van der Waals surface area contributed by atoms with Gasteiger partial charge in [-0.25, -0.2) is 8.42 Å². The number of aryl methyl sites for hydroxylation is 2. The van der Waals surface area contributed by atoms with E-state index in [4.69, 9.17) is 11.6 Å². The van der Waals surface area contributed by atoms with Crippen molar-refractivity contribution in [1.29, 1.82) is 0 Å². The van der Waals surface area contributed by atoms with Crippen LogP contribution in [0.1, 0.15) is 16.7 Å². The number of halogens is 2. The van der Waals surface area contributed by atoms with Crippen LogP contribution in [0.4, 0.5) is 5.69 Å². The normalized spacial score (nSPS) is 11.5. The predicted molar refractivity (Wildman–Crippen MR) is 128 cm³/mol. The third-order valence-electron chi connectivity index (χ3n) is 4.83. The lowest BCUT2D eigenvalue weighted by atomic mass is 10.1. The summed E-state index contributed by atoms with van der Waals surface area (Å²) in [6.07, 6.45) is 0. The second kappa shape index (κ2) is 9.96. The van der Waals surface area contributed by atoms with E-state index < -0.39 is 15.9 Å². The highest BCUT2D eigenvalue weighted by molar-refractivity contribution is 9.10. The van der Waals surface area contributed by atoms with E-state index in [0.717, 1.165) is 25.5 Å². The number of amides is 1. The molecule has 0 aliphatic carbocycles. The van der Waals surface area contributed by atoms with Gasteiger partial charge in [-0.05, 0) is 79.1 Å². The molecule has 3 aromatic rings. The van der Waals surface area contributed by atoms with Gasteiger partial charge in [-0.3, -0.25) is 4.79 Å². The minimum atomic E-state index is -3.93. The van der Waals surface area contributed by atoms with Crippen molar-refractivity contribution in [2.24, 2.45) is 0 Å². The first kappa shape index (κ1) is 23.5. The van der Waals surface area contributed by atoms with Crippen molar-refractivity contribution < 1.29 is 13.2 Å². The van der Waals surface area contributed by atoms with Crippen LogP contribution in [0, 0.1) is 13.8 Å². The molecule has 3 aromatic carbocycles. The molecule has 0 fully saturated rings. The topological polar surface area (TPSA) is 66.5 Å². The molecule has 0 aliphatic heterocycles. The number of carbonyl (C=O) groups excluding carboxylic acids is 1. The molecule has 0 radical (unpaired) electrons. The van der Waals surface area contributed by atoms with Crippen LogP contribution in [0.3, 0.4) is 0 Å². The van der Waals surface area contributed by atoms with Crippen LogP contribution in [-0.2, 0) is 21.4 Å². The van der Waals surface area contributed by atoms with Crippen LogP contribution in [0.25, 0.3) is 0 Å². The lowest BCUT2D eigenvalue weighted by molar-refractivity contribution is -0.116. The van der Waals surface area contributed by atoms with Crippen LogP contribution >= 0.6 is 27.5 Å². The van der Waals surface area contributed by atoms with Crippen molar-refractivity contribution >= 4 is 49.1 Å². The minimum Gasteiger partial charge on any atom is -0.325 e. The number of sulfonamides is 1. The average molecular weight is 522 g/mol. The standard InChI is InChI=1S/C23H22BrClN2O3S/c1-16-3-10-21(13-17(16)2)26-23(28)15-27(14-18-4-6-19(24)7-5-18)31(29,30)22-11-8-20(25)9-12-22/h3-13H,14-15H2,1-2H3,(H,26,28). The largest absolute Gasteiger partial charge is 0.325 e. The minimum absolute atomic E-state index is 0.0542. The number of carbonyl (C=O) groups is 1. The molecule has 162 valence electrons. The third kappa shape index (κ3) is 6.17. The number of nitrogens with one attached hydrogen (secondary N) is 1. The first-order valence-corrected chi connectivity index (χ1v) is 12.1. The van der Waals surface area contributed by atoms with Gasteiger partial charge in [0.25, 0.3) is 0 Å². The van der Waals surface area contributed by atoms with E-state index in [1.54, 1.807) is 6.07 Å². The van der Waals surface area contributed by atoms with E-state index in [1.807, 2.05) is 50.2 Å². The van der Waals surface area contributed by atoms with E-state index in [-0.39, 0.29) is 18.0 Å². The molecular formula is C23H22BrClN2O3S. The second-order valence-electron chi connectivity index (χ2n) is 7.20. The first-order valence-electron chi connectivity index (χ1n) is 9.52. The van der Waals surface area contributed by atoms with E-state index >= 15 is 0 Å². The van der Waals surface area contributed by atoms with E-state index in [9.17, 15) is 13.2 Å². The zero-order valence-electron chi connectivity index (χ0n) is 17.1. The molecule has 3 rings (SSSR count). The summed E-state index contributed by atoms with van der Waals surface area (Å²) in [6, 6.07) is 18.8. The van der Waals surface area contributed by atoms with Gasteiger partial charge in [-0.1, -0.05) is 45.7 Å². The SMILES string of the molecule is Cc1ccc(NC(=O)CN(Cc2ccc(Br)cc2)S(=O)(=O)c2ccc(Cl)cc2)cc1C. The first-order chi connectivity index (χ1) is 14.6. The van der Waals surface area contributed by atoms with Crippen LogP contribution < -0.4 is 5.32 Å². The molecule has 0 unspecified atom stereocenters. The molecule has 0 atom stereocenters. The fourth-order valence-corrected chi connectivity index (χ4v) is 4.73. The Labute approximate surface area is 196 Å². The Balaban J connectivity index is 1.87. The Morgan fingerprint density at radius 2 is 1.61 bits per heavy atom. The molecule has 1 N–H and O–H groups in total. The highest BCUT2D eigenvalue weighted by atomic mass is 79.9. The predicted octanol–water partition coefficient (Wildman–Crippen LogP) is 5.55. The maximum absolute atomic E-state index is 13.3. The zero-order chi connectivity index (χ0) is 22.6.